The van der Waals surface area contributed by atoms with Crippen molar-refractivity contribution in [2.75, 3.05) is 0 Å². The van der Waals surface area contributed by atoms with Gasteiger partial charge in [-0.25, -0.2) is 0 Å². The average molecular weight is 352 g/mol. The maximum Gasteiger partial charge on any atom is -0.00259 e. The molecule has 0 aliphatic carbocycles. The first-order chi connectivity index (χ1) is 13.9. The van der Waals surface area contributed by atoms with Crippen molar-refractivity contribution in [2.24, 2.45) is 0 Å². The predicted octanol–water partition coefficient (Wildman–Crippen LogP) is 8.04. The minimum absolute atomic E-state index is 1.31. The molecular formula is C28H16. The maximum atomic E-state index is 2.39. The summed E-state index contributed by atoms with van der Waals surface area (Å²) in [5.41, 5.74) is 0. The summed E-state index contributed by atoms with van der Waals surface area (Å²) in [6, 6.07) is 35.9. The number of fused-ring (bicyclic) bond motifs is 5. The van der Waals surface area contributed by atoms with Crippen LogP contribution >= 0.6 is 0 Å². The van der Waals surface area contributed by atoms with Crippen LogP contribution in [0.2, 0.25) is 0 Å². The van der Waals surface area contributed by atoms with Crippen LogP contribution in [0.4, 0.5) is 0 Å². The molecule has 0 saturated heterocycles. The summed E-state index contributed by atoms with van der Waals surface area (Å²) >= 11 is 0. The molecule has 7 rings (SSSR count). The van der Waals surface area contributed by atoms with Gasteiger partial charge in [0.1, 0.15) is 0 Å². The fraction of sp³-hybridized carbons (Fsp3) is 0. The van der Waals surface area contributed by atoms with E-state index in [-0.39, 0.29) is 0 Å². The first-order valence-corrected chi connectivity index (χ1v) is 9.79. The lowest BCUT2D eigenvalue weighted by atomic mass is 9.88. The predicted molar refractivity (Wildman–Crippen MR) is 123 cm³/mol. The molecule has 0 heterocycles. The lowest BCUT2D eigenvalue weighted by Crippen LogP contribution is -1.87. The van der Waals surface area contributed by atoms with Crippen LogP contribution in [0.25, 0.3) is 64.6 Å². The van der Waals surface area contributed by atoms with Gasteiger partial charge in [-0.1, -0.05) is 78.9 Å². The van der Waals surface area contributed by atoms with Crippen molar-refractivity contribution in [3.8, 4) is 0 Å². The quantitative estimate of drug-likeness (QED) is 0.191. The fourth-order valence-electron chi connectivity index (χ4n) is 5.15. The van der Waals surface area contributed by atoms with Crippen LogP contribution in [0.1, 0.15) is 0 Å². The van der Waals surface area contributed by atoms with Crippen LogP contribution < -0.4 is 0 Å². The maximum absolute atomic E-state index is 2.39. The van der Waals surface area contributed by atoms with Crippen LogP contribution in [-0.4, -0.2) is 0 Å². The largest absolute Gasteiger partial charge is 0.0616 e. The molecule has 128 valence electrons. The first-order valence-electron chi connectivity index (χ1n) is 9.79. The summed E-state index contributed by atoms with van der Waals surface area (Å²) in [5, 5.41) is 16.1. The van der Waals surface area contributed by atoms with Gasteiger partial charge in [-0.15, -0.1) is 0 Å². The van der Waals surface area contributed by atoms with Crippen molar-refractivity contribution >= 4 is 64.6 Å². The number of benzene rings is 7. The Hall–Kier alpha value is -3.64. The van der Waals surface area contributed by atoms with Gasteiger partial charge in [-0.2, -0.15) is 0 Å². The molecule has 0 heteroatoms. The second-order valence-corrected chi connectivity index (χ2v) is 7.78. The third-order valence-electron chi connectivity index (χ3n) is 6.32. The van der Waals surface area contributed by atoms with Gasteiger partial charge in [-0.3, -0.25) is 0 Å². The number of rotatable bonds is 0. The molecule has 0 aliphatic heterocycles. The van der Waals surface area contributed by atoms with Crippen LogP contribution in [0.3, 0.4) is 0 Å². The van der Waals surface area contributed by atoms with Crippen LogP contribution in [0.15, 0.2) is 97.1 Å². The van der Waals surface area contributed by atoms with Crippen molar-refractivity contribution in [1.82, 2.24) is 0 Å². The smallest absolute Gasteiger partial charge is 0.00259 e. The highest BCUT2D eigenvalue weighted by Crippen LogP contribution is 2.42. The molecule has 0 aromatic heterocycles. The average Bonchev–Trinajstić information content (AvgIpc) is 2.75. The number of hydrogen-bond acceptors (Lipinski definition) is 0. The highest BCUT2D eigenvalue weighted by atomic mass is 14.2. The molecule has 7 aromatic carbocycles. The van der Waals surface area contributed by atoms with E-state index in [1.54, 1.807) is 0 Å². The van der Waals surface area contributed by atoms with E-state index in [0.717, 1.165) is 0 Å². The van der Waals surface area contributed by atoms with E-state index in [4.69, 9.17) is 0 Å². The summed E-state index contributed by atoms with van der Waals surface area (Å²) in [6.45, 7) is 0. The minimum Gasteiger partial charge on any atom is -0.0616 e. The van der Waals surface area contributed by atoms with E-state index in [1.807, 2.05) is 0 Å². The molecule has 7 aromatic rings. The SMILES string of the molecule is c1ccc2c(c1)cc1c3cc4cccc5cccc(c3cc3cccc2c31)c54. The van der Waals surface area contributed by atoms with Crippen LogP contribution in [-0.2, 0) is 0 Å². The summed E-state index contributed by atoms with van der Waals surface area (Å²) in [4.78, 5) is 0. The Balaban J connectivity index is 1.86. The van der Waals surface area contributed by atoms with Crippen molar-refractivity contribution in [1.29, 1.82) is 0 Å². The Morgan fingerprint density at radius 3 is 1.61 bits per heavy atom. The molecule has 0 amide bonds. The summed E-state index contributed by atoms with van der Waals surface area (Å²) in [6.07, 6.45) is 0. The Morgan fingerprint density at radius 2 is 0.786 bits per heavy atom. The molecule has 0 radical (unpaired) electrons. The molecular weight excluding hydrogens is 336 g/mol. The molecule has 0 saturated carbocycles. The summed E-state index contributed by atoms with van der Waals surface area (Å²) < 4.78 is 0. The van der Waals surface area contributed by atoms with Gasteiger partial charge in [0, 0.05) is 0 Å². The molecule has 28 heavy (non-hydrogen) atoms. The van der Waals surface area contributed by atoms with Crippen LogP contribution in [0, 0.1) is 0 Å². The first kappa shape index (κ1) is 14.4. The zero-order valence-electron chi connectivity index (χ0n) is 15.2. The molecule has 0 aliphatic rings. The van der Waals surface area contributed by atoms with Crippen molar-refractivity contribution < 1.29 is 0 Å². The highest BCUT2D eigenvalue weighted by molar-refractivity contribution is 6.33. The molecule has 0 bridgehead atoms. The van der Waals surface area contributed by atoms with E-state index in [0.29, 0.717) is 0 Å². The second-order valence-electron chi connectivity index (χ2n) is 7.78. The van der Waals surface area contributed by atoms with E-state index < -0.39 is 0 Å². The third kappa shape index (κ3) is 1.70. The normalized spacial score (nSPS) is 12.3. The minimum atomic E-state index is 1.31. The molecule has 0 N–H and O–H groups in total. The summed E-state index contributed by atoms with van der Waals surface area (Å²) in [5.74, 6) is 0. The van der Waals surface area contributed by atoms with Crippen molar-refractivity contribution in [2.45, 2.75) is 0 Å². The van der Waals surface area contributed by atoms with Gasteiger partial charge < -0.3 is 0 Å². The van der Waals surface area contributed by atoms with Gasteiger partial charge in [0.05, 0.1) is 0 Å². The van der Waals surface area contributed by atoms with Crippen molar-refractivity contribution in [3.05, 3.63) is 97.1 Å². The van der Waals surface area contributed by atoms with Gasteiger partial charge in [0.15, 0.2) is 0 Å². The molecule has 0 fully saturated rings. The Kier molecular flexibility index (Phi) is 2.57. The fourth-order valence-corrected chi connectivity index (χ4v) is 5.15. The zero-order valence-corrected chi connectivity index (χ0v) is 15.2. The molecule has 0 unspecified atom stereocenters. The third-order valence-corrected chi connectivity index (χ3v) is 6.32. The van der Waals surface area contributed by atoms with Gasteiger partial charge in [0.25, 0.3) is 0 Å². The van der Waals surface area contributed by atoms with E-state index in [1.165, 1.54) is 64.6 Å². The van der Waals surface area contributed by atoms with E-state index in [2.05, 4.69) is 97.1 Å². The summed E-state index contributed by atoms with van der Waals surface area (Å²) in [7, 11) is 0. The topological polar surface area (TPSA) is 0 Å². The molecule has 0 spiro atoms. The van der Waals surface area contributed by atoms with Crippen LogP contribution in [0.5, 0.6) is 0 Å². The Labute approximate surface area is 162 Å². The standard InChI is InChI=1S/C28H16/c1-2-11-21-18(6-1)14-26-25-15-19-9-3-7-17-8-4-13-23(27(17)19)24(25)16-20-10-5-12-22(21)28(20)26/h1-16H. The second kappa shape index (κ2) is 4.99. The van der Waals surface area contributed by atoms with E-state index >= 15 is 0 Å². The van der Waals surface area contributed by atoms with E-state index in [9.17, 15) is 0 Å². The lowest BCUT2D eigenvalue weighted by molar-refractivity contribution is 1.79. The Morgan fingerprint density at radius 1 is 0.286 bits per heavy atom. The van der Waals surface area contributed by atoms with Gasteiger partial charge in [0.2, 0.25) is 0 Å². The highest BCUT2D eigenvalue weighted by Gasteiger charge is 2.13. The lowest BCUT2D eigenvalue weighted by Gasteiger charge is -2.15. The van der Waals surface area contributed by atoms with Crippen molar-refractivity contribution in [3.63, 3.8) is 0 Å². The zero-order chi connectivity index (χ0) is 18.2. The van der Waals surface area contributed by atoms with Gasteiger partial charge >= 0.3 is 0 Å². The Bertz CT molecular complexity index is 1700. The molecule has 0 atom stereocenters. The monoisotopic (exact) mass is 352 g/mol. The molecule has 0 nitrogen and oxygen atoms in total. The van der Waals surface area contributed by atoms with Gasteiger partial charge in [-0.05, 0) is 82.8 Å². The number of hydrogen-bond donors (Lipinski definition) is 0.